The van der Waals surface area contributed by atoms with Gasteiger partial charge in [0.05, 0.1) is 0 Å². The maximum Gasteiger partial charge on any atom is 0.249 e. The minimum absolute atomic E-state index is 0.162. The molecule has 0 saturated carbocycles. The van der Waals surface area contributed by atoms with Crippen molar-refractivity contribution < 1.29 is 13.9 Å². The van der Waals surface area contributed by atoms with E-state index in [1.165, 1.54) is 6.07 Å². The summed E-state index contributed by atoms with van der Waals surface area (Å²) in [4.78, 5) is 15.4. The largest absolute Gasteiger partial charge is 0.437 e. The van der Waals surface area contributed by atoms with E-state index in [4.69, 9.17) is 4.74 Å². The summed E-state index contributed by atoms with van der Waals surface area (Å²) in [5.74, 6) is 0.105. The van der Waals surface area contributed by atoms with Crippen molar-refractivity contribution in [1.29, 1.82) is 0 Å². The molecule has 0 radical (unpaired) electrons. The number of fused-ring (bicyclic) bond motifs is 1. The third-order valence-electron chi connectivity index (χ3n) is 3.00. The zero-order valence-electron chi connectivity index (χ0n) is 10.7. The van der Waals surface area contributed by atoms with E-state index in [0.717, 1.165) is 0 Å². The second-order valence-electron chi connectivity index (χ2n) is 4.36. The van der Waals surface area contributed by atoms with E-state index in [0.29, 0.717) is 28.9 Å². The molecule has 20 heavy (non-hydrogen) atoms. The first-order chi connectivity index (χ1) is 9.69. The smallest absolute Gasteiger partial charge is 0.249 e. The fraction of sp³-hybridized carbons (Fsp3) is 0.0667. The van der Waals surface area contributed by atoms with Gasteiger partial charge in [0.1, 0.15) is 17.2 Å². The maximum atomic E-state index is 13.5. The summed E-state index contributed by atoms with van der Waals surface area (Å²) in [6.07, 6.45) is 2.38. The molecule has 0 aliphatic rings. The van der Waals surface area contributed by atoms with E-state index in [2.05, 4.69) is 4.98 Å². The average molecular weight is 270 g/mol. The maximum absolute atomic E-state index is 13.5. The quantitative estimate of drug-likeness (QED) is 0.685. The van der Waals surface area contributed by atoms with Crippen molar-refractivity contribution in [2.45, 2.75) is 6.92 Å². The molecule has 1 aromatic carbocycles. The summed E-state index contributed by atoms with van der Waals surface area (Å²) in [6, 6.07) is 9.88. The highest BCUT2D eigenvalue weighted by Gasteiger charge is 2.13. The number of halogens is 1. The lowest BCUT2D eigenvalue weighted by Crippen LogP contribution is -1.93. The van der Waals surface area contributed by atoms with E-state index in [-0.39, 0.29) is 11.7 Å². The summed E-state index contributed by atoms with van der Waals surface area (Å²) in [5.41, 5.74) is 1.42. The number of ether oxygens (including phenoxy) is 1. The normalized spacial score (nSPS) is 10.7. The van der Waals surface area contributed by atoms with Crippen LogP contribution < -0.4 is 4.74 Å². The molecule has 0 spiro atoms. The van der Waals surface area contributed by atoms with Crippen LogP contribution in [0.5, 0.6) is 11.6 Å². The second kappa shape index (κ2) is 4.77. The Kier molecular flexibility index (Phi) is 2.95. The highest BCUT2D eigenvalue weighted by Crippen LogP contribution is 2.26. The number of hydrogen-bond donors (Lipinski definition) is 0. The summed E-state index contributed by atoms with van der Waals surface area (Å²) in [6.45, 7) is 1.67. The molecule has 0 unspecified atom stereocenters. The molecular weight excluding hydrogens is 259 g/mol. The topological polar surface area (TPSA) is 43.6 Å². The highest BCUT2D eigenvalue weighted by molar-refractivity contribution is 5.78. The molecule has 2 heterocycles. The fourth-order valence-corrected chi connectivity index (χ4v) is 1.92. The van der Waals surface area contributed by atoms with Gasteiger partial charge in [0, 0.05) is 12.3 Å². The Morgan fingerprint density at radius 3 is 2.90 bits per heavy atom. The van der Waals surface area contributed by atoms with Gasteiger partial charge in [-0.2, -0.15) is 4.98 Å². The van der Waals surface area contributed by atoms with Crippen LogP contribution in [-0.4, -0.2) is 15.7 Å². The summed E-state index contributed by atoms with van der Waals surface area (Å²) in [5, 5.41) is 0. The van der Waals surface area contributed by atoms with Crippen molar-refractivity contribution in [3.63, 3.8) is 0 Å². The highest BCUT2D eigenvalue weighted by atomic mass is 19.1. The van der Waals surface area contributed by atoms with E-state index in [1.807, 2.05) is 6.07 Å². The standard InChI is InChI=1S/C15H11FN2O2/c1-10-5-6-11(8-12(10)16)20-15-13(9-19)18-7-3-2-4-14(18)17-15/h2-9H,1H3. The van der Waals surface area contributed by atoms with Gasteiger partial charge in [0.25, 0.3) is 0 Å². The number of rotatable bonds is 3. The van der Waals surface area contributed by atoms with Gasteiger partial charge >= 0.3 is 0 Å². The van der Waals surface area contributed by atoms with Gasteiger partial charge in [-0.1, -0.05) is 12.1 Å². The molecule has 0 atom stereocenters. The first-order valence-electron chi connectivity index (χ1n) is 6.05. The first kappa shape index (κ1) is 12.3. The van der Waals surface area contributed by atoms with Crippen molar-refractivity contribution in [2.24, 2.45) is 0 Å². The number of benzene rings is 1. The van der Waals surface area contributed by atoms with Crippen LogP contribution in [0.15, 0.2) is 42.6 Å². The molecule has 0 aliphatic carbocycles. The lowest BCUT2D eigenvalue weighted by molar-refractivity contribution is 0.111. The third-order valence-corrected chi connectivity index (χ3v) is 3.00. The number of imidazole rings is 1. The lowest BCUT2D eigenvalue weighted by Gasteiger charge is -2.04. The fourth-order valence-electron chi connectivity index (χ4n) is 1.92. The number of aldehydes is 1. The van der Waals surface area contributed by atoms with E-state index < -0.39 is 0 Å². The predicted molar refractivity (Wildman–Crippen MR) is 71.8 cm³/mol. The number of carbonyl (C=O) groups excluding carboxylic acids is 1. The Labute approximate surface area is 114 Å². The van der Waals surface area contributed by atoms with Crippen LogP contribution in [0.2, 0.25) is 0 Å². The SMILES string of the molecule is Cc1ccc(Oc2nc3ccccn3c2C=O)cc1F. The molecule has 2 aromatic heterocycles. The molecule has 100 valence electrons. The summed E-state index contributed by atoms with van der Waals surface area (Å²) in [7, 11) is 0. The lowest BCUT2D eigenvalue weighted by atomic mass is 10.2. The van der Waals surface area contributed by atoms with Crippen LogP contribution in [0.3, 0.4) is 0 Å². The number of hydrogen-bond acceptors (Lipinski definition) is 3. The van der Waals surface area contributed by atoms with E-state index in [9.17, 15) is 9.18 Å². The first-order valence-corrected chi connectivity index (χ1v) is 6.05. The van der Waals surface area contributed by atoms with Gasteiger partial charge in [-0.25, -0.2) is 4.39 Å². The molecule has 4 nitrogen and oxygen atoms in total. The molecule has 0 aliphatic heterocycles. The minimum atomic E-state index is -0.362. The van der Waals surface area contributed by atoms with Crippen LogP contribution in [0.4, 0.5) is 4.39 Å². The molecule has 0 bridgehead atoms. The van der Waals surface area contributed by atoms with Crippen LogP contribution in [0.25, 0.3) is 5.65 Å². The minimum Gasteiger partial charge on any atom is -0.437 e. The van der Waals surface area contributed by atoms with Gasteiger partial charge in [-0.15, -0.1) is 0 Å². The molecule has 0 saturated heterocycles. The van der Waals surface area contributed by atoms with Crippen LogP contribution in [0, 0.1) is 12.7 Å². The number of carbonyl (C=O) groups is 1. The van der Waals surface area contributed by atoms with Crippen LogP contribution in [-0.2, 0) is 0 Å². The monoisotopic (exact) mass is 270 g/mol. The Balaban J connectivity index is 2.05. The number of aryl methyl sites for hydroxylation is 1. The molecule has 3 rings (SSSR count). The number of nitrogens with zero attached hydrogens (tertiary/aromatic N) is 2. The van der Waals surface area contributed by atoms with Gasteiger partial charge in [0.15, 0.2) is 12.0 Å². The Hall–Kier alpha value is -2.69. The molecule has 0 fully saturated rings. The molecule has 3 aromatic rings. The van der Waals surface area contributed by atoms with Gasteiger partial charge in [-0.05, 0) is 30.7 Å². The molecule has 5 heteroatoms. The summed E-state index contributed by atoms with van der Waals surface area (Å²) >= 11 is 0. The van der Waals surface area contributed by atoms with Crippen molar-refractivity contribution in [3.05, 3.63) is 59.7 Å². The Morgan fingerprint density at radius 2 is 2.15 bits per heavy atom. The number of aromatic nitrogens is 2. The molecule has 0 amide bonds. The number of pyridine rings is 1. The van der Waals surface area contributed by atoms with Crippen LogP contribution >= 0.6 is 0 Å². The predicted octanol–water partition coefficient (Wildman–Crippen LogP) is 3.39. The van der Waals surface area contributed by atoms with E-state index >= 15 is 0 Å². The Bertz CT molecular complexity index is 796. The third kappa shape index (κ3) is 2.03. The van der Waals surface area contributed by atoms with Crippen molar-refractivity contribution in [3.8, 4) is 11.6 Å². The Morgan fingerprint density at radius 1 is 1.30 bits per heavy atom. The van der Waals surface area contributed by atoms with E-state index in [1.54, 1.807) is 41.8 Å². The van der Waals surface area contributed by atoms with Gasteiger partial charge < -0.3 is 4.74 Å². The molecular formula is C15H11FN2O2. The zero-order chi connectivity index (χ0) is 14.1. The van der Waals surface area contributed by atoms with Gasteiger partial charge in [-0.3, -0.25) is 9.20 Å². The van der Waals surface area contributed by atoms with Crippen molar-refractivity contribution in [2.75, 3.05) is 0 Å². The van der Waals surface area contributed by atoms with Crippen LogP contribution in [0.1, 0.15) is 16.1 Å². The van der Waals surface area contributed by atoms with Crippen molar-refractivity contribution >= 4 is 11.9 Å². The van der Waals surface area contributed by atoms with Gasteiger partial charge in [0.2, 0.25) is 5.88 Å². The molecule has 0 N–H and O–H groups in total. The second-order valence-corrected chi connectivity index (χ2v) is 4.36. The zero-order valence-corrected chi connectivity index (χ0v) is 10.7. The van der Waals surface area contributed by atoms with Crippen molar-refractivity contribution in [1.82, 2.24) is 9.38 Å². The summed E-state index contributed by atoms with van der Waals surface area (Å²) < 4.78 is 20.6. The average Bonchev–Trinajstić information content (AvgIpc) is 2.80.